The molecule has 0 fully saturated rings. The Kier molecular flexibility index (Phi) is 4.60. The summed E-state index contributed by atoms with van der Waals surface area (Å²) >= 11 is 0. The van der Waals surface area contributed by atoms with E-state index in [1.54, 1.807) is 28.9 Å². The molecule has 0 atom stereocenters. The van der Waals surface area contributed by atoms with E-state index in [-0.39, 0.29) is 4.90 Å². The van der Waals surface area contributed by atoms with Crippen molar-refractivity contribution in [3.8, 4) is 11.5 Å². The van der Waals surface area contributed by atoms with Gasteiger partial charge in [-0.15, -0.1) is 0 Å². The van der Waals surface area contributed by atoms with Crippen molar-refractivity contribution in [2.45, 2.75) is 24.8 Å². The average Bonchev–Trinajstić information content (AvgIpc) is 3.28. The first-order valence-electron chi connectivity index (χ1n) is 8.76. The summed E-state index contributed by atoms with van der Waals surface area (Å²) in [4.78, 5) is 4.84. The van der Waals surface area contributed by atoms with Gasteiger partial charge < -0.3 is 4.74 Å². The number of hydrogen-bond acceptors (Lipinski definition) is 6. The molecule has 0 saturated carbocycles. The summed E-state index contributed by atoms with van der Waals surface area (Å²) in [6, 6.07) is 9.90. The molecule has 0 aliphatic carbocycles. The molecular formula is C19H19N5O3S. The third kappa shape index (κ3) is 3.74. The van der Waals surface area contributed by atoms with Crippen LogP contribution in [0, 0.1) is 0 Å². The van der Waals surface area contributed by atoms with Gasteiger partial charge in [-0.25, -0.2) is 17.9 Å². The molecule has 4 rings (SSSR count). The Balaban J connectivity index is 1.60. The van der Waals surface area contributed by atoms with Gasteiger partial charge in [-0.3, -0.25) is 4.68 Å². The monoisotopic (exact) mass is 397 g/mol. The van der Waals surface area contributed by atoms with Gasteiger partial charge >= 0.3 is 0 Å². The van der Waals surface area contributed by atoms with Crippen molar-refractivity contribution in [1.29, 1.82) is 0 Å². The van der Waals surface area contributed by atoms with Crippen LogP contribution in [0.1, 0.15) is 18.3 Å². The normalized spacial score (nSPS) is 11.8. The SMILES string of the molecule is CCn1cc(Cc2nc3c(Oc4ccc(S(C)(=O)=O)cc4)cccn3n2)cn1. The number of hydrogen-bond donors (Lipinski definition) is 0. The minimum atomic E-state index is -3.24. The molecule has 28 heavy (non-hydrogen) atoms. The molecule has 3 heterocycles. The standard InChI is InChI=1S/C19H19N5O3S/c1-3-23-13-14(12-20-23)11-18-21-19-17(5-4-10-24(19)22-18)27-15-6-8-16(9-7-15)28(2,25)26/h4-10,12-13H,3,11H2,1-2H3. The highest BCUT2D eigenvalue weighted by Gasteiger charge is 2.12. The molecular weight excluding hydrogens is 378 g/mol. The summed E-state index contributed by atoms with van der Waals surface area (Å²) in [5.74, 6) is 1.73. The van der Waals surface area contributed by atoms with E-state index in [9.17, 15) is 8.42 Å². The molecule has 0 bridgehead atoms. The first-order valence-corrected chi connectivity index (χ1v) is 10.6. The number of fused-ring (bicyclic) bond motifs is 1. The van der Waals surface area contributed by atoms with Crippen molar-refractivity contribution in [1.82, 2.24) is 24.4 Å². The zero-order valence-electron chi connectivity index (χ0n) is 15.5. The molecule has 0 N–H and O–H groups in total. The zero-order chi connectivity index (χ0) is 19.7. The van der Waals surface area contributed by atoms with E-state index < -0.39 is 9.84 Å². The summed E-state index contributed by atoms with van der Waals surface area (Å²) in [5, 5.41) is 8.77. The Bertz CT molecular complexity index is 1230. The molecule has 4 aromatic rings. The number of aromatic nitrogens is 5. The van der Waals surface area contributed by atoms with E-state index in [1.807, 2.05) is 30.1 Å². The molecule has 0 unspecified atom stereocenters. The van der Waals surface area contributed by atoms with Gasteiger partial charge in [0.15, 0.2) is 27.1 Å². The van der Waals surface area contributed by atoms with Gasteiger partial charge in [-0.1, -0.05) is 0 Å². The molecule has 0 amide bonds. The summed E-state index contributed by atoms with van der Waals surface area (Å²) in [5.41, 5.74) is 1.63. The maximum atomic E-state index is 11.6. The van der Waals surface area contributed by atoms with Crippen molar-refractivity contribution in [3.63, 3.8) is 0 Å². The predicted molar refractivity (Wildman–Crippen MR) is 103 cm³/mol. The number of rotatable bonds is 6. The second-order valence-corrected chi connectivity index (χ2v) is 8.41. The molecule has 0 aliphatic rings. The lowest BCUT2D eigenvalue weighted by atomic mass is 10.2. The number of nitrogens with zero attached hydrogens (tertiary/aromatic N) is 5. The Morgan fingerprint density at radius 3 is 2.61 bits per heavy atom. The van der Waals surface area contributed by atoms with Gasteiger partial charge in [0.1, 0.15) is 5.75 Å². The largest absolute Gasteiger partial charge is 0.453 e. The summed E-state index contributed by atoms with van der Waals surface area (Å²) in [6.45, 7) is 2.85. The van der Waals surface area contributed by atoms with Crippen molar-refractivity contribution in [3.05, 3.63) is 66.4 Å². The van der Waals surface area contributed by atoms with Crippen LogP contribution in [0.15, 0.2) is 59.9 Å². The van der Waals surface area contributed by atoms with Crippen LogP contribution in [0.2, 0.25) is 0 Å². The van der Waals surface area contributed by atoms with Crippen LogP contribution in [-0.2, 0) is 22.8 Å². The van der Waals surface area contributed by atoms with E-state index >= 15 is 0 Å². The molecule has 0 radical (unpaired) electrons. The summed E-state index contributed by atoms with van der Waals surface area (Å²) in [7, 11) is -3.24. The van der Waals surface area contributed by atoms with Crippen LogP contribution in [0.3, 0.4) is 0 Å². The maximum absolute atomic E-state index is 11.6. The van der Waals surface area contributed by atoms with Gasteiger partial charge in [0.05, 0.1) is 11.1 Å². The zero-order valence-corrected chi connectivity index (χ0v) is 16.3. The number of sulfone groups is 1. The lowest BCUT2D eigenvalue weighted by molar-refractivity contribution is 0.483. The lowest BCUT2D eigenvalue weighted by Crippen LogP contribution is -1.96. The third-order valence-corrected chi connectivity index (χ3v) is 5.35. The van der Waals surface area contributed by atoms with Crippen LogP contribution in [0.5, 0.6) is 11.5 Å². The van der Waals surface area contributed by atoms with Gasteiger partial charge in [0.25, 0.3) is 0 Å². The number of pyridine rings is 1. The van der Waals surface area contributed by atoms with Crippen LogP contribution in [0.25, 0.3) is 5.65 Å². The minimum absolute atomic E-state index is 0.246. The molecule has 1 aromatic carbocycles. The van der Waals surface area contributed by atoms with E-state index in [0.717, 1.165) is 12.1 Å². The molecule has 0 spiro atoms. The average molecular weight is 397 g/mol. The second-order valence-electron chi connectivity index (χ2n) is 6.40. The fraction of sp³-hybridized carbons (Fsp3) is 0.211. The van der Waals surface area contributed by atoms with E-state index in [4.69, 9.17) is 4.74 Å². The highest BCUT2D eigenvalue weighted by molar-refractivity contribution is 7.90. The Labute approximate surface area is 162 Å². The third-order valence-electron chi connectivity index (χ3n) is 4.22. The predicted octanol–water partition coefficient (Wildman–Crippen LogP) is 2.73. The van der Waals surface area contributed by atoms with Gasteiger partial charge in [-0.05, 0) is 48.9 Å². The fourth-order valence-corrected chi connectivity index (χ4v) is 3.45. The lowest BCUT2D eigenvalue weighted by Gasteiger charge is -2.06. The number of aryl methyl sites for hydroxylation is 1. The van der Waals surface area contributed by atoms with Crippen molar-refractivity contribution in [2.75, 3.05) is 6.26 Å². The van der Waals surface area contributed by atoms with Crippen molar-refractivity contribution in [2.24, 2.45) is 0 Å². The molecule has 0 aliphatic heterocycles. The number of benzene rings is 1. The van der Waals surface area contributed by atoms with Crippen molar-refractivity contribution < 1.29 is 13.2 Å². The molecule has 9 heteroatoms. The Hall–Kier alpha value is -3.20. The quantitative estimate of drug-likeness (QED) is 0.497. The molecule has 3 aromatic heterocycles. The Morgan fingerprint density at radius 1 is 1.14 bits per heavy atom. The van der Waals surface area contributed by atoms with Gasteiger partial charge in [0.2, 0.25) is 0 Å². The van der Waals surface area contributed by atoms with E-state index in [0.29, 0.717) is 29.4 Å². The second kappa shape index (κ2) is 7.08. The molecule has 8 nitrogen and oxygen atoms in total. The summed E-state index contributed by atoms with van der Waals surface area (Å²) in [6.07, 6.45) is 7.35. The minimum Gasteiger partial charge on any atom is -0.453 e. The highest BCUT2D eigenvalue weighted by Crippen LogP contribution is 2.26. The first kappa shape index (κ1) is 18.2. The first-order chi connectivity index (χ1) is 13.4. The van der Waals surface area contributed by atoms with Crippen molar-refractivity contribution >= 4 is 15.5 Å². The van der Waals surface area contributed by atoms with Crippen LogP contribution in [-0.4, -0.2) is 39.1 Å². The molecule has 0 saturated heterocycles. The van der Waals surface area contributed by atoms with Gasteiger partial charge in [-0.2, -0.15) is 10.2 Å². The molecule has 144 valence electrons. The topological polar surface area (TPSA) is 91.4 Å². The Morgan fingerprint density at radius 2 is 1.93 bits per heavy atom. The van der Waals surface area contributed by atoms with Crippen LogP contribution < -0.4 is 4.74 Å². The van der Waals surface area contributed by atoms with Crippen LogP contribution in [0.4, 0.5) is 0 Å². The van der Waals surface area contributed by atoms with E-state index in [1.165, 1.54) is 18.4 Å². The van der Waals surface area contributed by atoms with Crippen LogP contribution >= 0.6 is 0 Å². The fourth-order valence-electron chi connectivity index (χ4n) is 2.82. The highest BCUT2D eigenvalue weighted by atomic mass is 32.2. The number of ether oxygens (including phenoxy) is 1. The smallest absolute Gasteiger partial charge is 0.198 e. The van der Waals surface area contributed by atoms with Gasteiger partial charge in [0, 0.05) is 31.6 Å². The van der Waals surface area contributed by atoms with E-state index in [2.05, 4.69) is 15.2 Å². The maximum Gasteiger partial charge on any atom is 0.198 e. The summed E-state index contributed by atoms with van der Waals surface area (Å²) < 4.78 is 32.6.